The first kappa shape index (κ1) is 13.8. The molecule has 2 aromatic rings. The summed E-state index contributed by atoms with van der Waals surface area (Å²) in [5.74, 6) is 0.220. The fraction of sp³-hybridized carbons (Fsp3) is 0.300. The van der Waals surface area contributed by atoms with Gasteiger partial charge >= 0.3 is 0 Å². The Morgan fingerprint density at radius 2 is 1.79 bits per heavy atom. The van der Waals surface area contributed by atoms with Gasteiger partial charge in [-0.3, -0.25) is 9.59 Å². The lowest BCUT2D eigenvalue weighted by Crippen LogP contribution is -2.32. The highest BCUT2D eigenvalue weighted by Gasteiger charge is 2.34. The molecule has 3 aliphatic rings. The molecule has 4 heteroatoms. The van der Waals surface area contributed by atoms with E-state index in [0.29, 0.717) is 6.42 Å². The van der Waals surface area contributed by atoms with Crippen molar-refractivity contribution in [2.45, 2.75) is 25.7 Å². The van der Waals surface area contributed by atoms with Crippen molar-refractivity contribution in [3.8, 4) is 0 Å². The zero-order valence-corrected chi connectivity index (χ0v) is 13.4. The minimum atomic E-state index is 0.0514. The fourth-order valence-electron chi connectivity index (χ4n) is 4.31. The van der Waals surface area contributed by atoms with E-state index in [9.17, 15) is 9.59 Å². The Morgan fingerprint density at radius 3 is 2.71 bits per heavy atom. The van der Waals surface area contributed by atoms with Crippen molar-refractivity contribution in [2.75, 3.05) is 22.9 Å². The van der Waals surface area contributed by atoms with Gasteiger partial charge in [-0.15, -0.1) is 0 Å². The van der Waals surface area contributed by atoms with Crippen molar-refractivity contribution in [1.82, 2.24) is 0 Å². The molecule has 120 valence electrons. The van der Waals surface area contributed by atoms with E-state index in [-0.39, 0.29) is 11.8 Å². The molecule has 0 unspecified atom stereocenters. The molecule has 3 heterocycles. The number of carbonyl (C=O) groups is 2. The Balaban J connectivity index is 1.56. The van der Waals surface area contributed by atoms with Crippen LogP contribution in [0.15, 0.2) is 36.4 Å². The molecular formula is C20H18N2O2. The van der Waals surface area contributed by atoms with E-state index in [0.717, 1.165) is 60.4 Å². The van der Waals surface area contributed by atoms with Crippen molar-refractivity contribution in [1.29, 1.82) is 0 Å². The molecule has 2 amide bonds. The van der Waals surface area contributed by atoms with Gasteiger partial charge in [0, 0.05) is 24.3 Å². The number of anilines is 2. The number of benzene rings is 2. The number of hydrogen-bond donors (Lipinski definition) is 0. The summed E-state index contributed by atoms with van der Waals surface area (Å²) in [6.45, 7) is 1.54. The number of hydrogen-bond acceptors (Lipinski definition) is 2. The molecule has 0 atom stereocenters. The second kappa shape index (κ2) is 4.94. The van der Waals surface area contributed by atoms with Gasteiger partial charge in [0.25, 0.3) is 5.91 Å². The van der Waals surface area contributed by atoms with Crippen LogP contribution in [0.2, 0.25) is 0 Å². The van der Waals surface area contributed by atoms with E-state index in [1.807, 2.05) is 40.1 Å². The lowest BCUT2D eigenvalue weighted by Gasteiger charge is -2.26. The molecule has 0 bridgehead atoms. The smallest absolute Gasteiger partial charge is 0.258 e. The van der Waals surface area contributed by atoms with Crippen LogP contribution in [0.25, 0.3) is 0 Å². The van der Waals surface area contributed by atoms with Gasteiger partial charge in [0.05, 0.1) is 12.1 Å². The zero-order chi connectivity index (χ0) is 16.3. The number of rotatable bonds is 1. The molecule has 5 rings (SSSR count). The van der Waals surface area contributed by atoms with Gasteiger partial charge in [0.15, 0.2) is 0 Å². The van der Waals surface area contributed by atoms with E-state index < -0.39 is 0 Å². The average Bonchev–Trinajstić information content (AvgIpc) is 3.17. The molecular weight excluding hydrogens is 300 g/mol. The van der Waals surface area contributed by atoms with Crippen LogP contribution in [0.3, 0.4) is 0 Å². The van der Waals surface area contributed by atoms with Crippen LogP contribution in [0.1, 0.15) is 33.5 Å². The Labute approximate surface area is 140 Å². The van der Waals surface area contributed by atoms with Crippen LogP contribution >= 0.6 is 0 Å². The number of aryl methyl sites for hydroxylation is 1. The molecule has 2 aromatic carbocycles. The third kappa shape index (κ3) is 1.86. The van der Waals surface area contributed by atoms with Gasteiger partial charge in [0.2, 0.25) is 5.91 Å². The summed E-state index contributed by atoms with van der Waals surface area (Å²) in [4.78, 5) is 29.0. The van der Waals surface area contributed by atoms with Crippen LogP contribution < -0.4 is 9.80 Å². The number of amides is 2. The van der Waals surface area contributed by atoms with Gasteiger partial charge in [-0.05, 0) is 54.2 Å². The molecule has 0 saturated carbocycles. The molecule has 0 fully saturated rings. The van der Waals surface area contributed by atoms with Gasteiger partial charge in [-0.1, -0.05) is 18.2 Å². The molecule has 0 N–H and O–H groups in total. The lowest BCUT2D eigenvalue weighted by atomic mass is 9.96. The summed E-state index contributed by atoms with van der Waals surface area (Å²) < 4.78 is 0. The Morgan fingerprint density at radius 1 is 0.958 bits per heavy atom. The summed E-state index contributed by atoms with van der Waals surface area (Å²) >= 11 is 0. The van der Waals surface area contributed by atoms with Gasteiger partial charge < -0.3 is 9.80 Å². The van der Waals surface area contributed by atoms with Crippen molar-refractivity contribution in [3.63, 3.8) is 0 Å². The van der Waals surface area contributed by atoms with Gasteiger partial charge in [-0.2, -0.15) is 0 Å². The molecule has 0 aromatic heterocycles. The fourth-order valence-corrected chi connectivity index (χ4v) is 4.31. The molecule has 0 saturated heterocycles. The van der Waals surface area contributed by atoms with Crippen molar-refractivity contribution < 1.29 is 9.59 Å². The predicted octanol–water partition coefficient (Wildman–Crippen LogP) is 2.72. The summed E-state index contributed by atoms with van der Waals surface area (Å²) in [5.41, 5.74) is 6.22. The third-order valence-electron chi connectivity index (χ3n) is 5.39. The quantitative estimate of drug-likeness (QED) is 0.811. The van der Waals surface area contributed by atoms with E-state index >= 15 is 0 Å². The summed E-state index contributed by atoms with van der Waals surface area (Å²) in [6, 6.07) is 12.0. The second-order valence-corrected chi connectivity index (χ2v) is 6.80. The molecule has 0 radical (unpaired) electrons. The minimum absolute atomic E-state index is 0.0514. The van der Waals surface area contributed by atoms with Gasteiger partial charge in [0.1, 0.15) is 0 Å². The van der Waals surface area contributed by atoms with E-state index in [1.54, 1.807) is 0 Å². The molecule has 3 aliphatic heterocycles. The maximum atomic E-state index is 13.1. The molecule has 4 nitrogen and oxygen atoms in total. The standard InChI is InChI=1S/C20H18N2O2/c23-18-12-15-11-16(10-14-5-3-8-22(18)19(14)15)20(24)21-9-7-13-4-1-2-6-17(13)21/h1-2,4,6,10-11H,3,5,7-9,12H2. The Kier molecular flexibility index (Phi) is 2.84. The molecule has 24 heavy (non-hydrogen) atoms. The maximum absolute atomic E-state index is 13.1. The monoisotopic (exact) mass is 318 g/mol. The zero-order valence-electron chi connectivity index (χ0n) is 13.4. The summed E-state index contributed by atoms with van der Waals surface area (Å²) in [7, 11) is 0. The van der Waals surface area contributed by atoms with E-state index in [2.05, 4.69) is 6.07 Å². The highest BCUT2D eigenvalue weighted by atomic mass is 16.2. The highest BCUT2D eigenvalue weighted by molar-refractivity contribution is 6.09. The number of fused-ring (bicyclic) bond motifs is 1. The van der Waals surface area contributed by atoms with Gasteiger partial charge in [-0.25, -0.2) is 0 Å². The van der Waals surface area contributed by atoms with Crippen LogP contribution in [0.4, 0.5) is 11.4 Å². The maximum Gasteiger partial charge on any atom is 0.258 e. The normalized spacial score (nSPS) is 17.9. The van der Waals surface area contributed by atoms with E-state index in [4.69, 9.17) is 0 Å². The van der Waals surface area contributed by atoms with Crippen LogP contribution in [-0.4, -0.2) is 24.9 Å². The summed E-state index contributed by atoms with van der Waals surface area (Å²) in [6.07, 6.45) is 3.26. The summed E-state index contributed by atoms with van der Waals surface area (Å²) in [5, 5.41) is 0. The Bertz CT molecular complexity index is 887. The number of carbonyl (C=O) groups excluding carboxylic acids is 2. The van der Waals surface area contributed by atoms with Crippen LogP contribution in [0.5, 0.6) is 0 Å². The first-order chi connectivity index (χ1) is 11.7. The first-order valence-electron chi connectivity index (χ1n) is 8.58. The Hall–Kier alpha value is -2.62. The SMILES string of the molecule is O=C(c1cc2c3c(c1)CC(=O)N3CCC2)N1CCc2ccccc21. The highest BCUT2D eigenvalue weighted by Crippen LogP contribution is 2.38. The molecule has 0 aliphatic carbocycles. The topological polar surface area (TPSA) is 40.6 Å². The van der Waals surface area contributed by atoms with Crippen molar-refractivity contribution in [3.05, 3.63) is 58.7 Å². The predicted molar refractivity (Wildman–Crippen MR) is 92.6 cm³/mol. The van der Waals surface area contributed by atoms with Crippen molar-refractivity contribution in [2.24, 2.45) is 0 Å². The van der Waals surface area contributed by atoms with Crippen molar-refractivity contribution >= 4 is 23.2 Å². The second-order valence-electron chi connectivity index (χ2n) is 6.80. The van der Waals surface area contributed by atoms with Crippen LogP contribution in [-0.2, 0) is 24.1 Å². The van der Waals surface area contributed by atoms with E-state index in [1.165, 1.54) is 5.56 Å². The third-order valence-corrected chi connectivity index (χ3v) is 5.39. The van der Waals surface area contributed by atoms with Crippen LogP contribution in [0, 0.1) is 0 Å². The average molecular weight is 318 g/mol. The first-order valence-corrected chi connectivity index (χ1v) is 8.58. The molecule has 0 spiro atoms. The number of para-hydroxylation sites is 1. The largest absolute Gasteiger partial charge is 0.312 e. The lowest BCUT2D eigenvalue weighted by molar-refractivity contribution is -0.117. The number of nitrogens with zero attached hydrogens (tertiary/aromatic N) is 2. The minimum Gasteiger partial charge on any atom is -0.312 e.